The Kier molecular flexibility index (Phi) is 7.30. The lowest BCUT2D eigenvalue weighted by molar-refractivity contribution is -0.152. The second-order valence-corrected chi connectivity index (χ2v) is 5.27. The smallest absolute Gasteiger partial charge is 0.313 e. The minimum Gasteiger partial charge on any atom is -0.493 e. The monoisotopic (exact) mass is 337 g/mol. The van der Waals surface area contributed by atoms with E-state index in [0.29, 0.717) is 22.1 Å². The standard InChI is InChI=1S/C14H20ClNO4.ClH/c1-14(2,13(17)20-5)12(16)8-6-7-9(18-3)11(19-4)10(8)15;/h6-7,12H,16H2,1-5H3;1H/t12-;/m1./s1. The van der Waals surface area contributed by atoms with Gasteiger partial charge in [0.05, 0.1) is 31.8 Å². The minimum atomic E-state index is -0.919. The highest BCUT2D eigenvalue weighted by Gasteiger charge is 2.38. The van der Waals surface area contributed by atoms with E-state index in [0.717, 1.165) is 0 Å². The van der Waals surface area contributed by atoms with Gasteiger partial charge in [-0.2, -0.15) is 0 Å². The number of hydrogen-bond donors (Lipinski definition) is 1. The minimum absolute atomic E-state index is 0. The first kappa shape index (κ1) is 19.8. The van der Waals surface area contributed by atoms with Crippen LogP contribution < -0.4 is 15.2 Å². The Morgan fingerprint density at radius 1 is 1.24 bits per heavy atom. The number of ether oxygens (including phenoxy) is 3. The van der Waals surface area contributed by atoms with Crippen LogP contribution in [0.3, 0.4) is 0 Å². The third-order valence-electron chi connectivity index (χ3n) is 3.34. The van der Waals surface area contributed by atoms with Gasteiger partial charge in [0, 0.05) is 6.04 Å². The number of carbonyl (C=O) groups excluding carboxylic acids is 1. The van der Waals surface area contributed by atoms with Crippen LogP contribution in [-0.2, 0) is 9.53 Å². The number of nitrogens with two attached hydrogens (primary N) is 1. The molecule has 0 amide bonds. The van der Waals surface area contributed by atoms with E-state index in [1.165, 1.54) is 21.3 Å². The van der Waals surface area contributed by atoms with Crippen LogP contribution in [0.5, 0.6) is 11.5 Å². The van der Waals surface area contributed by atoms with E-state index in [1.807, 2.05) is 0 Å². The predicted octanol–water partition coefficient (Wildman–Crippen LogP) is 2.98. The first-order chi connectivity index (χ1) is 9.31. The molecule has 21 heavy (non-hydrogen) atoms. The van der Waals surface area contributed by atoms with E-state index >= 15 is 0 Å². The van der Waals surface area contributed by atoms with E-state index < -0.39 is 17.4 Å². The number of methoxy groups -OCH3 is 3. The highest BCUT2D eigenvalue weighted by Crippen LogP contribution is 2.43. The molecule has 0 fully saturated rings. The molecule has 0 heterocycles. The van der Waals surface area contributed by atoms with Crippen LogP contribution in [0.4, 0.5) is 0 Å². The number of carbonyl (C=O) groups is 1. The van der Waals surface area contributed by atoms with Gasteiger partial charge >= 0.3 is 5.97 Å². The van der Waals surface area contributed by atoms with E-state index in [4.69, 9.17) is 31.5 Å². The van der Waals surface area contributed by atoms with Crippen LogP contribution in [0.25, 0.3) is 0 Å². The topological polar surface area (TPSA) is 70.8 Å². The average Bonchev–Trinajstić information content (AvgIpc) is 2.44. The molecule has 1 atom stereocenters. The molecule has 0 saturated heterocycles. The second kappa shape index (κ2) is 7.73. The molecule has 0 unspecified atom stereocenters. The quantitative estimate of drug-likeness (QED) is 0.836. The van der Waals surface area contributed by atoms with E-state index in [2.05, 4.69) is 0 Å². The fourth-order valence-electron chi connectivity index (χ4n) is 1.92. The van der Waals surface area contributed by atoms with Crippen molar-refractivity contribution in [2.75, 3.05) is 21.3 Å². The molecule has 0 aliphatic rings. The SMILES string of the molecule is COC(=O)C(C)(C)[C@H](N)c1ccc(OC)c(OC)c1Cl.Cl. The maximum atomic E-state index is 11.8. The fraction of sp³-hybridized carbons (Fsp3) is 0.500. The lowest BCUT2D eigenvalue weighted by Gasteiger charge is -2.30. The molecular formula is C14H21Cl2NO4. The van der Waals surface area contributed by atoms with Gasteiger partial charge < -0.3 is 19.9 Å². The Bertz CT molecular complexity index is 506. The van der Waals surface area contributed by atoms with Crippen molar-refractivity contribution in [3.8, 4) is 11.5 Å². The van der Waals surface area contributed by atoms with Crippen molar-refractivity contribution in [3.63, 3.8) is 0 Å². The van der Waals surface area contributed by atoms with Crippen LogP contribution in [0.15, 0.2) is 12.1 Å². The molecule has 5 nitrogen and oxygen atoms in total. The summed E-state index contributed by atoms with van der Waals surface area (Å²) < 4.78 is 15.2. The fourth-order valence-corrected chi connectivity index (χ4v) is 2.27. The van der Waals surface area contributed by atoms with Crippen LogP contribution in [-0.4, -0.2) is 27.3 Å². The summed E-state index contributed by atoms with van der Waals surface area (Å²) in [5, 5.41) is 0.330. The third kappa shape index (κ3) is 3.73. The van der Waals surface area contributed by atoms with Crippen LogP contribution in [0.1, 0.15) is 25.5 Å². The zero-order chi connectivity index (χ0) is 15.5. The van der Waals surface area contributed by atoms with Crippen molar-refractivity contribution in [3.05, 3.63) is 22.7 Å². The van der Waals surface area contributed by atoms with Gasteiger partial charge in [-0.1, -0.05) is 17.7 Å². The lowest BCUT2D eigenvalue weighted by Crippen LogP contribution is -2.37. The van der Waals surface area contributed by atoms with Gasteiger partial charge in [0.15, 0.2) is 11.5 Å². The normalized spacial score (nSPS) is 12.1. The van der Waals surface area contributed by atoms with Crippen LogP contribution in [0.2, 0.25) is 5.02 Å². The highest BCUT2D eigenvalue weighted by molar-refractivity contribution is 6.33. The molecule has 0 aliphatic carbocycles. The summed E-state index contributed by atoms with van der Waals surface area (Å²) in [7, 11) is 4.34. The summed E-state index contributed by atoms with van der Waals surface area (Å²) in [6.45, 7) is 3.41. The zero-order valence-electron chi connectivity index (χ0n) is 12.7. The number of benzene rings is 1. The van der Waals surface area contributed by atoms with Gasteiger partial charge in [0.25, 0.3) is 0 Å². The average molecular weight is 338 g/mol. The first-order valence-corrected chi connectivity index (χ1v) is 6.43. The summed E-state index contributed by atoms with van der Waals surface area (Å²) in [5.41, 5.74) is 5.86. The maximum absolute atomic E-state index is 11.8. The highest BCUT2D eigenvalue weighted by atomic mass is 35.5. The maximum Gasteiger partial charge on any atom is 0.313 e. The van der Waals surface area contributed by atoms with Crippen molar-refractivity contribution in [1.29, 1.82) is 0 Å². The van der Waals surface area contributed by atoms with Gasteiger partial charge in [-0.05, 0) is 25.5 Å². The Hall–Kier alpha value is -1.17. The first-order valence-electron chi connectivity index (χ1n) is 6.05. The molecule has 0 spiro atoms. The predicted molar refractivity (Wildman–Crippen MR) is 84.5 cm³/mol. The summed E-state index contributed by atoms with van der Waals surface area (Å²) in [4.78, 5) is 11.8. The lowest BCUT2D eigenvalue weighted by atomic mass is 9.81. The molecule has 0 saturated carbocycles. The number of rotatable bonds is 5. The Morgan fingerprint density at radius 2 is 1.81 bits per heavy atom. The molecule has 2 N–H and O–H groups in total. The van der Waals surface area contributed by atoms with Crippen molar-refractivity contribution in [2.45, 2.75) is 19.9 Å². The van der Waals surface area contributed by atoms with Crippen molar-refractivity contribution < 1.29 is 19.0 Å². The summed E-state index contributed by atoms with van der Waals surface area (Å²) >= 11 is 6.30. The second-order valence-electron chi connectivity index (χ2n) is 4.90. The molecule has 0 bridgehead atoms. The molecule has 0 radical (unpaired) electrons. The summed E-state index contributed by atoms with van der Waals surface area (Å²) in [6.07, 6.45) is 0. The van der Waals surface area contributed by atoms with E-state index in [9.17, 15) is 4.79 Å². The largest absolute Gasteiger partial charge is 0.493 e. The van der Waals surface area contributed by atoms with Gasteiger partial charge in [-0.25, -0.2) is 0 Å². The summed E-state index contributed by atoms with van der Waals surface area (Å²) in [6, 6.07) is 2.79. The number of halogens is 2. The van der Waals surface area contributed by atoms with Crippen molar-refractivity contribution >= 4 is 30.0 Å². The van der Waals surface area contributed by atoms with Crippen LogP contribution in [0, 0.1) is 5.41 Å². The number of esters is 1. The van der Waals surface area contributed by atoms with Gasteiger partial charge in [0.1, 0.15) is 0 Å². The van der Waals surface area contributed by atoms with Gasteiger partial charge in [0.2, 0.25) is 0 Å². The molecule has 0 aromatic heterocycles. The van der Waals surface area contributed by atoms with Gasteiger partial charge in [-0.3, -0.25) is 4.79 Å². The Balaban J connectivity index is 0.00000400. The Morgan fingerprint density at radius 3 is 2.24 bits per heavy atom. The van der Waals surface area contributed by atoms with Crippen LogP contribution >= 0.6 is 24.0 Å². The van der Waals surface area contributed by atoms with E-state index in [1.54, 1.807) is 26.0 Å². The molecule has 1 rings (SSSR count). The molecular weight excluding hydrogens is 317 g/mol. The molecule has 120 valence electrons. The van der Waals surface area contributed by atoms with Crippen molar-refractivity contribution in [2.24, 2.45) is 11.1 Å². The van der Waals surface area contributed by atoms with Gasteiger partial charge in [-0.15, -0.1) is 12.4 Å². The molecule has 7 heteroatoms. The third-order valence-corrected chi connectivity index (χ3v) is 3.73. The summed E-state index contributed by atoms with van der Waals surface area (Å²) in [5.74, 6) is 0.489. The zero-order valence-corrected chi connectivity index (χ0v) is 14.3. The van der Waals surface area contributed by atoms with Crippen molar-refractivity contribution in [1.82, 2.24) is 0 Å². The molecule has 0 aliphatic heterocycles. The van der Waals surface area contributed by atoms with E-state index in [-0.39, 0.29) is 12.4 Å². The molecule has 1 aromatic rings. The molecule has 1 aromatic carbocycles. The Labute approximate surface area is 136 Å². The number of hydrogen-bond acceptors (Lipinski definition) is 5.